The van der Waals surface area contributed by atoms with Crippen molar-refractivity contribution in [2.24, 2.45) is 0 Å². The topological polar surface area (TPSA) is 81.4 Å². The zero-order valence-corrected chi connectivity index (χ0v) is 9.90. The van der Waals surface area contributed by atoms with Crippen LogP contribution in [-0.4, -0.2) is 25.0 Å². The molecule has 0 saturated heterocycles. The number of hydrogen-bond donors (Lipinski definition) is 2. The molecule has 0 aliphatic heterocycles. The molecule has 92 valence electrons. The molecule has 1 aromatic carbocycles. The van der Waals surface area contributed by atoms with Gasteiger partial charge in [-0.3, -0.25) is 4.79 Å². The summed E-state index contributed by atoms with van der Waals surface area (Å²) >= 11 is 0. The summed E-state index contributed by atoms with van der Waals surface area (Å²) in [4.78, 5) is 22.4. The van der Waals surface area contributed by atoms with Crippen molar-refractivity contribution < 1.29 is 14.3 Å². The van der Waals surface area contributed by atoms with E-state index in [1.807, 2.05) is 12.1 Å². The van der Waals surface area contributed by atoms with Crippen LogP contribution in [0, 0.1) is 0 Å². The number of benzene rings is 1. The average Bonchev–Trinajstić information content (AvgIpc) is 2.29. The maximum absolute atomic E-state index is 11.5. The average molecular weight is 236 g/mol. The van der Waals surface area contributed by atoms with E-state index in [0.717, 1.165) is 5.56 Å². The van der Waals surface area contributed by atoms with Gasteiger partial charge in [-0.15, -0.1) is 0 Å². The van der Waals surface area contributed by atoms with E-state index >= 15 is 0 Å². The lowest BCUT2D eigenvalue weighted by atomic mass is 10.1. The van der Waals surface area contributed by atoms with E-state index in [0.29, 0.717) is 12.1 Å². The minimum absolute atomic E-state index is 0.268. The van der Waals surface area contributed by atoms with Crippen molar-refractivity contribution in [3.05, 3.63) is 29.8 Å². The third-order valence-corrected chi connectivity index (χ3v) is 2.28. The molecule has 0 spiro atoms. The number of carbonyl (C=O) groups excluding carboxylic acids is 2. The highest BCUT2D eigenvalue weighted by Crippen LogP contribution is 2.08. The number of amides is 1. The van der Waals surface area contributed by atoms with Gasteiger partial charge in [-0.1, -0.05) is 12.1 Å². The van der Waals surface area contributed by atoms with Crippen LogP contribution < -0.4 is 11.1 Å². The van der Waals surface area contributed by atoms with Crippen molar-refractivity contribution in [3.63, 3.8) is 0 Å². The number of hydrogen-bond acceptors (Lipinski definition) is 4. The lowest BCUT2D eigenvalue weighted by Crippen LogP contribution is -2.41. The molecule has 0 aliphatic carbocycles. The maximum Gasteiger partial charge on any atom is 0.328 e. The third-order valence-electron chi connectivity index (χ3n) is 2.28. The van der Waals surface area contributed by atoms with Crippen LogP contribution in [0.25, 0.3) is 0 Å². The van der Waals surface area contributed by atoms with Gasteiger partial charge in [0.2, 0.25) is 5.91 Å². The minimum Gasteiger partial charge on any atom is -0.467 e. The number of rotatable bonds is 4. The van der Waals surface area contributed by atoms with Crippen LogP contribution in [-0.2, 0) is 20.7 Å². The molecule has 5 heteroatoms. The number of anilines is 1. The lowest BCUT2D eigenvalue weighted by molar-refractivity contribution is -0.144. The monoisotopic (exact) mass is 236 g/mol. The van der Waals surface area contributed by atoms with Gasteiger partial charge in [-0.05, 0) is 17.7 Å². The Morgan fingerprint density at radius 2 is 1.94 bits per heavy atom. The van der Waals surface area contributed by atoms with E-state index in [1.165, 1.54) is 14.0 Å². The molecule has 1 rings (SSSR count). The summed E-state index contributed by atoms with van der Waals surface area (Å²) in [6.07, 6.45) is 0.381. The highest BCUT2D eigenvalue weighted by Gasteiger charge is 2.20. The standard InChI is InChI=1S/C12H16N2O3/c1-8(15)14-11(12(16)17-2)7-9-3-5-10(13)6-4-9/h3-6,11H,7,13H2,1-2H3,(H,14,15)/t11-/m0/s1. The Hall–Kier alpha value is -2.04. The highest BCUT2D eigenvalue weighted by atomic mass is 16.5. The van der Waals surface area contributed by atoms with Crippen LogP contribution in [0.4, 0.5) is 5.69 Å². The Bertz CT molecular complexity index is 401. The summed E-state index contributed by atoms with van der Waals surface area (Å²) in [5.41, 5.74) is 7.12. The summed E-state index contributed by atoms with van der Waals surface area (Å²) < 4.78 is 4.63. The van der Waals surface area contributed by atoms with Crippen LogP contribution in [0.15, 0.2) is 24.3 Å². The van der Waals surface area contributed by atoms with Crippen molar-refractivity contribution in [1.82, 2.24) is 5.32 Å². The van der Waals surface area contributed by atoms with E-state index in [4.69, 9.17) is 5.73 Å². The molecule has 0 unspecified atom stereocenters. The van der Waals surface area contributed by atoms with Crippen LogP contribution in [0.3, 0.4) is 0 Å². The van der Waals surface area contributed by atoms with Gasteiger partial charge < -0.3 is 15.8 Å². The van der Waals surface area contributed by atoms with Crippen molar-refractivity contribution in [2.75, 3.05) is 12.8 Å². The second kappa shape index (κ2) is 5.89. The Balaban J connectivity index is 2.75. The Morgan fingerprint density at radius 1 is 1.35 bits per heavy atom. The first kappa shape index (κ1) is 13.0. The van der Waals surface area contributed by atoms with Gasteiger partial charge in [-0.2, -0.15) is 0 Å². The predicted octanol–water partition coefficient (Wildman–Crippen LogP) is 0.489. The normalized spacial score (nSPS) is 11.6. The number of esters is 1. The lowest BCUT2D eigenvalue weighted by Gasteiger charge is -2.15. The summed E-state index contributed by atoms with van der Waals surface area (Å²) in [7, 11) is 1.29. The number of methoxy groups -OCH3 is 1. The Labute approximate surface area is 99.9 Å². The first-order valence-corrected chi connectivity index (χ1v) is 5.22. The van der Waals surface area contributed by atoms with Gasteiger partial charge in [0.1, 0.15) is 6.04 Å². The molecule has 3 N–H and O–H groups in total. The molecule has 1 atom stereocenters. The molecule has 0 saturated carbocycles. The molecule has 0 radical (unpaired) electrons. The van der Waals surface area contributed by atoms with Crippen molar-refractivity contribution in [2.45, 2.75) is 19.4 Å². The zero-order chi connectivity index (χ0) is 12.8. The molecule has 5 nitrogen and oxygen atoms in total. The van der Waals surface area contributed by atoms with Crippen molar-refractivity contribution in [3.8, 4) is 0 Å². The smallest absolute Gasteiger partial charge is 0.328 e. The quantitative estimate of drug-likeness (QED) is 0.589. The fourth-order valence-electron chi connectivity index (χ4n) is 1.47. The highest BCUT2D eigenvalue weighted by molar-refractivity contribution is 5.83. The van der Waals surface area contributed by atoms with E-state index in [1.54, 1.807) is 12.1 Å². The minimum atomic E-state index is -0.666. The molecule has 0 heterocycles. The molecule has 0 aromatic heterocycles. The first-order chi connectivity index (χ1) is 8.02. The van der Waals surface area contributed by atoms with E-state index in [-0.39, 0.29) is 5.91 Å². The van der Waals surface area contributed by atoms with Gasteiger partial charge in [0.05, 0.1) is 7.11 Å². The number of nitrogen functional groups attached to an aromatic ring is 1. The molecule has 1 amide bonds. The van der Waals surface area contributed by atoms with E-state index < -0.39 is 12.0 Å². The number of nitrogens with two attached hydrogens (primary N) is 1. The van der Waals surface area contributed by atoms with Gasteiger partial charge in [-0.25, -0.2) is 4.79 Å². The Kier molecular flexibility index (Phi) is 4.51. The zero-order valence-electron chi connectivity index (χ0n) is 9.90. The number of nitrogens with one attached hydrogen (secondary N) is 1. The van der Waals surface area contributed by atoms with Crippen molar-refractivity contribution >= 4 is 17.6 Å². The molecule has 0 aliphatic rings. The maximum atomic E-state index is 11.5. The summed E-state index contributed by atoms with van der Waals surface area (Å²) in [5.74, 6) is -0.729. The predicted molar refractivity (Wildman–Crippen MR) is 64.2 cm³/mol. The molecule has 0 bridgehead atoms. The molecular formula is C12H16N2O3. The second-order valence-corrected chi connectivity index (χ2v) is 3.72. The van der Waals surface area contributed by atoms with Crippen LogP contribution in [0.1, 0.15) is 12.5 Å². The summed E-state index contributed by atoms with van der Waals surface area (Å²) in [5, 5.41) is 2.55. The van der Waals surface area contributed by atoms with Gasteiger partial charge >= 0.3 is 5.97 Å². The van der Waals surface area contributed by atoms with E-state index in [2.05, 4.69) is 10.1 Å². The number of carbonyl (C=O) groups is 2. The van der Waals surface area contributed by atoms with Gasteiger partial charge in [0, 0.05) is 19.0 Å². The molecular weight excluding hydrogens is 220 g/mol. The van der Waals surface area contributed by atoms with Gasteiger partial charge in [0.15, 0.2) is 0 Å². The molecule has 1 aromatic rings. The van der Waals surface area contributed by atoms with E-state index in [9.17, 15) is 9.59 Å². The Morgan fingerprint density at radius 3 is 2.41 bits per heavy atom. The molecule has 17 heavy (non-hydrogen) atoms. The summed E-state index contributed by atoms with van der Waals surface area (Å²) in [6.45, 7) is 1.36. The van der Waals surface area contributed by atoms with Crippen LogP contribution in [0.5, 0.6) is 0 Å². The van der Waals surface area contributed by atoms with Crippen molar-refractivity contribution in [1.29, 1.82) is 0 Å². The summed E-state index contributed by atoms with van der Waals surface area (Å²) in [6, 6.07) is 6.45. The fraction of sp³-hybridized carbons (Fsp3) is 0.333. The van der Waals surface area contributed by atoms with Crippen LogP contribution >= 0.6 is 0 Å². The third kappa shape index (κ3) is 4.14. The van der Waals surface area contributed by atoms with Crippen LogP contribution in [0.2, 0.25) is 0 Å². The number of ether oxygens (including phenoxy) is 1. The second-order valence-electron chi connectivity index (χ2n) is 3.72. The fourth-order valence-corrected chi connectivity index (χ4v) is 1.47. The molecule has 0 fully saturated rings. The SMILES string of the molecule is COC(=O)[C@H](Cc1ccc(N)cc1)NC(C)=O. The largest absolute Gasteiger partial charge is 0.467 e. The first-order valence-electron chi connectivity index (χ1n) is 5.22. The van der Waals surface area contributed by atoms with Gasteiger partial charge in [0.25, 0.3) is 0 Å².